The molecule has 2 aliphatic heterocycles. The molecule has 128 valence electrons. The molecule has 8 heteroatoms. The fourth-order valence-electron chi connectivity index (χ4n) is 3.02. The van der Waals surface area contributed by atoms with Crippen molar-refractivity contribution >= 4 is 17.8 Å². The molecular weight excluding hydrogens is 315 g/mol. The number of amides is 2. The van der Waals surface area contributed by atoms with Gasteiger partial charge in [0.2, 0.25) is 0 Å². The van der Waals surface area contributed by atoms with Crippen molar-refractivity contribution in [2.75, 3.05) is 38.5 Å². The minimum atomic E-state index is -4.14. The SMILES string of the molecule is C[C@@]1(CNC(=O)NC[C@@H]2CCN(CC(F)(F)F)C2)CCCS1. The summed E-state index contributed by atoms with van der Waals surface area (Å²) in [6, 6.07) is -0.219. The van der Waals surface area contributed by atoms with Gasteiger partial charge >= 0.3 is 12.2 Å². The number of nitrogens with one attached hydrogen (secondary N) is 2. The van der Waals surface area contributed by atoms with Crippen LogP contribution in [0.25, 0.3) is 0 Å². The van der Waals surface area contributed by atoms with Gasteiger partial charge in [0.25, 0.3) is 0 Å². The predicted octanol–water partition coefficient (Wildman–Crippen LogP) is 2.46. The number of hydrogen-bond acceptors (Lipinski definition) is 3. The first-order valence-electron chi connectivity index (χ1n) is 7.71. The van der Waals surface area contributed by atoms with Gasteiger partial charge in [-0.15, -0.1) is 0 Å². The highest BCUT2D eigenvalue weighted by Crippen LogP contribution is 2.36. The van der Waals surface area contributed by atoms with E-state index in [-0.39, 0.29) is 16.7 Å². The number of likely N-dealkylation sites (tertiary alicyclic amines) is 1. The second-order valence-corrected chi connectivity index (χ2v) is 8.15. The van der Waals surface area contributed by atoms with Crippen LogP contribution in [-0.4, -0.2) is 60.3 Å². The maximum Gasteiger partial charge on any atom is 0.401 e. The van der Waals surface area contributed by atoms with Crippen LogP contribution in [0.5, 0.6) is 0 Å². The van der Waals surface area contributed by atoms with E-state index in [1.54, 1.807) is 0 Å². The minimum absolute atomic E-state index is 0.101. The van der Waals surface area contributed by atoms with Gasteiger partial charge in [0, 0.05) is 24.4 Å². The molecule has 0 aromatic rings. The highest BCUT2D eigenvalue weighted by molar-refractivity contribution is 8.00. The highest BCUT2D eigenvalue weighted by Gasteiger charge is 2.34. The third kappa shape index (κ3) is 5.87. The molecule has 2 atom stereocenters. The summed E-state index contributed by atoms with van der Waals surface area (Å²) in [5, 5.41) is 5.66. The molecule has 0 unspecified atom stereocenters. The van der Waals surface area contributed by atoms with E-state index in [0.717, 1.165) is 12.2 Å². The van der Waals surface area contributed by atoms with E-state index in [1.807, 2.05) is 11.8 Å². The Morgan fingerprint density at radius 1 is 1.41 bits per heavy atom. The zero-order chi connectivity index (χ0) is 16.2. The maximum absolute atomic E-state index is 12.3. The van der Waals surface area contributed by atoms with Crippen molar-refractivity contribution in [3.8, 4) is 0 Å². The number of halogens is 3. The fraction of sp³-hybridized carbons (Fsp3) is 0.929. The van der Waals surface area contributed by atoms with Crippen molar-refractivity contribution in [1.82, 2.24) is 15.5 Å². The van der Waals surface area contributed by atoms with Crippen molar-refractivity contribution in [2.45, 2.75) is 37.1 Å². The molecule has 2 fully saturated rings. The maximum atomic E-state index is 12.3. The zero-order valence-electron chi connectivity index (χ0n) is 12.8. The number of alkyl halides is 3. The number of urea groups is 1. The minimum Gasteiger partial charge on any atom is -0.338 e. The molecule has 2 aliphatic rings. The number of carbonyl (C=O) groups is 1. The quantitative estimate of drug-likeness (QED) is 0.809. The molecule has 0 spiro atoms. The van der Waals surface area contributed by atoms with Crippen LogP contribution in [0, 0.1) is 5.92 Å². The van der Waals surface area contributed by atoms with Crippen LogP contribution < -0.4 is 10.6 Å². The summed E-state index contributed by atoms with van der Waals surface area (Å²) in [4.78, 5) is 13.2. The van der Waals surface area contributed by atoms with Crippen molar-refractivity contribution in [3.63, 3.8) is 0 Å². The van der Waals surface area contributed by atoms with Gasteiger partial charge in [0.15, 0.2) is 0 Å². The first-order chi connectivity index (χ1) is 10.3. The average molecular weight is 339 g/mol. The zero-order valence-corrected chi connectivity index (χ0v) is 13.7. The first-order valence-corrected chi connectivity index (χ1v) is 8.69. The summed E-state index contributed by atoms with van der Waals surface area (Å²) in [5.74, 6) is 1.24. The van der Waals surface area contributed by atoms with Gasteiger partial charge in [-0.1, -0.05) is 0 Å². The number of nitrogens with zero attached hydrogens (tertiary/aromatic N) is 1. The fourth-order valence-corrected chi connectivity index (χ4v) is 4.26. The van der Waals surface area contributed by atoms with Gasteiger partial charge in [-0.05, 0) is 44.4 Å². The van der Waals surface area contributed by atoms with E-state index in [0.29, 0.717) is 32.6 Å². The lowest BCUT2D eigenvalue weighted by Gasteiger charge is -2.23. The summed E-state index contributed by atoms with van der Waals surface area (Å²) in [6.07, 6.45) is -1.16. The van der Waals surface area contributed by atoms with E-state index in [4.69, 9.17) is 0 Å². The molecule has 2 rings (SSSR count). The Bertz CT molecular complexity index is 386. The van der Waals surface area contributed by atoms with Crippen LogP contribution >= 0.6 is 11.8 Å². The monoisotopic (exact) mass is 339 g/mol. The van der Waals surface area contributed by atoms with Crippen LogP contribution in [0.1, 0.15) is 26.2 Å². The highest BCUT2D eigenvalue weighted by atomic mass is 32.2. The Morgan fingerprint density at radius 3 is 2.82 bits per heavy atom. The van der Waals surface area contributed by atoms with Crippen molar-refractivity contribution in [2.24, 2.45) is 5.92 Å². The first kappa shape index (κ1) is 17.7. The van der Waals surface area contributed by atoms with Gasteiger partial charge in [-0.2, -0.15) is 24.9 Å². The molecule has 22 heavy (non-hydrogen) atoms. The molecule has 2 saturated heterocycles. The van der Waals surface area contributed by atoms with Crippen LogP contribution in [0.2, 0.25) is 0 Å². The molecule has 2 amide bonds. The van der Waals surface area contributed by atoms with E-state index >= 15 is 0 Å². The van der Waals surface area contributed by atoms with Gasteiger partial charge in [-0.3, -0.25) is 4.90 Å². The average Bonchev–Trinajstić information content (AvgIpc) is 3.02. The lowest BCUT2D eigenvalue weighted by atomic mass is 10.1. The summed E-state index contributed by atoms with van der Waals surface area (Å²) in [6.45, 7) is 3.20. The Hall–Kier alpha value is -0.630. The molecule has 2 N–H and O–H groups in total. The van der Waals surface area contributed by atoms with E-state index in [2.05, 4.69) is 17.6 Å². The lowest BCUT2D eigenvalue weighted by Crippen LogP contribution is -2.44. The van der Waals surface area contributed by atoms with Gasteiger partial charge in [-0.25, -0.2) is 4.79 Å². The summed E-state index contributed by atoms with van der Waals surface area (Å²) in [5.41, 5.74) is 0. The van der Waals surface area contributed by atoms with Crippen LogP contribution in [0.4, 0.5) is 18.0 Å². The Kier molecular flexibility index (Phi) is 5.87. The molecule has 0 radical (unpaired) electrons. The Labute approximate surface area is 133 Å². The molecule has 4 nitrogen and oxygen atoms in total. The molecule has 0 aliphatic carbocycles. The van der Waals surface area contributed by atoms with Crippen LogP contribution in [0.3, 0.4) is 0 Å². The number of hydrogen-bond donors (Lipinski definition) is 2. The Balaban J connectivity index is 1.61. The number of carbonyl (C=O) groups excluding carboxylic acids is 1. The molecular formula is C14H24F3N3OS. The summed E-state index contributed by atoms with van der Waals surface area (Å²) < 4.78 is 37.0. The van der Waals surface area contributed by atoms with Crippen LogP contribution in [0.15, 0.2) is 0 Å². The normalized spacial score (nSPS) is 29.7. The summed E-state index contributed by atoms with van der Waals surface area (Å²) >= 11 is 1.88. The molecule has 2 heterocycles. The molecule has 0 bridgehead atoms. The number of thioether (sulfide) groups is 1. The standard InChI is InChI=1S/C14H24F3N3OS/c1-13(4-2-6-22-13)9-19-12(21)18-7-11-3-5-20(8-11)10-14(15,16)17/h11H,2-10H2,1H3,(H2,18,19,21)/t11-,13-/m0/s1. The predicted molar refractivity (Wildman–Crippen MR) is 82.1 cm³/mol. The van der Waals surface area contributed by atoms with Gasteiger partial charge < -0.3 is 10.6 Å². The van der Waals surface area contributed by atoms with Crippen molar-refractivity contribution in [1.29, 1.82) is 0 Å². The van der Waals surface area contributed by atoms with Gasteiger partial charge in [0.1, 0.15) is 0 Å². The van der Waals surface area contributed by atoms with Crippen molar-refractivity contribution in [3.05, 3.63) is 0 Å². The number of rotatable bonds is 5. The van der Waals surface area contributed by atoms with E-state index in [1.165, 1.54) is 11.3 Å². The molecule has 0 aromatic carbocycles. The van der Waals surface area contributed by atoms with Crippen molar-refractivity contribution < 1.29 is 18.0 Å². The third-order valence-corrected chi connectivity index (χ3v) is 5.79. The Morgan fingerprint density at radius 2 is 2.18 bits per heavy atom. The lowest BCUT2D eigenvalue weighted by molar-refractivity contribution is -0.143. The van der Waals surface area contributed by atoms with E-state index in [9.17, 15) is 18.0 Å². The third-order valence-electron chi connectivity index (χ3n) is 4.25. The largest absolute Gasteiger partial charge is 0.401 e. The topological polar surface area (TPSA) is 44.4 Å². The second-order valence-electron chi connectivity index (χ2n) is 6.47. The smallest absolute Gasteiger partial charge is 0.338 e. The molecule has 0 saturated carbocycles. The second kappa shape index (κ2) is 7.29. The van der Waals surface area contributed by atoms with Crippen LogP contribution in [-0.2, 0) is 0 Å². The van der Waals surface area contributed by atoms with E-state index < -0.39 is 12.7 Å². The molecule has 0 aromatic heterocycles. The summed E-state index contributed by atoms with van der Waals surface area (Å²) in [7, 11) is 0. The van der Waals surface area contributed by atoms with Gasteiger partial charge in [0.05, 0.1) is 6.54 Å².